The number of benzene rings is 2. The van der Waals surface area contributed by atoms with E-state index in [-0.39, 0.29) is 18.2 Å². The fourth-order valence-corrected chi connectivity index (χ4v) is 3.88. The smallest absolute Gasteiger partial charge is 0.408 e. The molecule has 0 aliphatic carbocycles. The number of aromatic nitrogens is 1. The Morgan fingerprint density at radius 1 is 0.905 bits per heavy atom. The van der Waals surface area contributed by atoms with Crippen LogP contribution in [0.5, 0.6) is 5.75 Å². The lowest BCUT2D eigenvalue weighted by Crippen LogP contribution is -2.54. The molecular weight excluding hydrogens is 540 g/mol. The zero-order valence-corrected chi connectivity index (χ0v) is 24.9. The average molecular weight is 579 g/mol. The van der Waals surface area contributed by atoms with Crippen molar-refractivity contribution in [2.24, 2.45) is 5.92 Å². The maximum absolute atomic E-state index is 12.8. The second-order valence-electron chi connectivity index (χ2n) is 11.1. The molecule has 11 heteroatoms. The SMILES string of the molecule is COC(=O)c1nc2ccccc2cc1OCc1ccc(NC(=O)[C@H](C)NC(=O)[C@@H](NC(=O)OC(C)(C)C)C(C)C)cc1. The van der Waals surface area contributed by atoms with Crippen LogP contribution in [0.3, 0.4) is 0 Å². The first kappa shape index (κ1) is 31.9. The lowest BCUT2D eigenvalue weighted by Gasteiger charge is -2.26. The molecule has 3 rings (SSSR count). The van der Waals surface area contributed by atoms with Gasteiger partial charge in [0.2, 0.25) is 11.8 Å². The molecule has 1 heterocycles. The number of nitrogens with one attached hydrogen (secondary N) is 3. The summed E-state index contributed by atoms with van der Waals surface area (Å²) in [5.41, 5.74) is 1.31. The fourth-order valence-electron chi connectivity index (χ4n) is 3.88. The van der Waals surface area contributed by atoms with Gasteiger partial charge in [-0.05, 0) is 63.4 Å². The monoisotopic (exact) mass is 578 g/mol. The molecule has 3 aromatic rings. The minimum Gasteiger partial charge on any atom is -0.486 e. The lowest BCUT2D eigenvalue weighted by atomic mass is 10.0. The van der Waals surface area contributed by atoms with Crippen LogP contribution in [0.25, 0.3) is 10.9 Å². The Balaban J connectivity index is 1.59. The molecule has 3 N–H and O–H groups in total. The number of esters is 1. The van der Waals surface area contributed by atoms with Gasteiger partial charge in [-0.2, -0.15) is 0 Å². The number of ether oxygens (including phenoxy) is 3. The molecule has 0 fully saturated rings. The van der Waals surface area contributed by atoms with Gasteiger partial charge < -0.3 is 30.2 Å². The maximum Gasteiger partial charge on any atom is 0.408 e. The standard InChI is InChI=1S/C31H38N4O7/c1-18(2)25(35-30(39)42-31(4,5)6)28(37)32-19(3)27(36)33-22-14-12-20(13-15-22)17-41-24-16-21-10-8-9-11-23(21)34-26(24)29(38)40-7/h8-16,18-19,25H,17H2,1-7H3,(H,32,37)(H,33,36)(H,35,39)/t19-,25-/m0/s1. The van der Waals surface area contributed by atoms with Crippen molar-refractivity contribution in [2.45, 2.75) is 65.8 Å². The van der Waals surface area contributed by atoms with E-state index in [2.05, 4.69) is 20.9 Å². The summed E-state index contributed by atoms with van der Waals surface area (Å²) in [6.07, 6.45) is -0.712. The minimum absolute atomic E-state index is 0.0807. The average Bonchev–Trinajstić information content (AvgIpc) is 2.93. The topological polar surface area (TPSA) is 145 Å². The van der Waals surface area contributed by atoms with E-state index in [9.17, 15) is 19.2 Å². The lowest BCUT2D eigenvalue weighted by molar-refractivity contribution is -0.128. The zero-order chi connectivity index (χ0) is 31.0. The number of amides is 3. The number of hydrogen-bond acceptors (Lipinski definition) is 8. The number of carbonyl (C=O) groups excluding carboxylic acids is 4. The molecule has 0 saturated heterocycles. The van der Waals surface area contributed by atoms with Crippen LogP contribution in [-0.2, 0) is 25.7 Å². The summed E-state index contributed by atoms with van der Waals surface area (Å²) in [5.74, 6) is -1.48. The maximum atomic E-state index is 12.8. The van der Waals surface area contributed by atoms with E-state index < -0.39 is 41.6 Å². The Kier molecular flexibility index (Phi) is 10.5. The van der Waals surface area contributed by atoms with E-state index >= 15 is 0 Å². The van der Waals surface area contributed by atoms with E-state index in [1.165, 1.54) is 7.11 Å². The second kappa shape index (κ2) is 13.8. The summed E-state index contributed by atoms with van der Waals surface area (Å²) in [7, 11) is 1.28. The predicted octanol–water partition coefficient (Wildman–Crippen LogP) is 4.59. The number of anilines is 1. The molecule has 2 aromatic carbocycles. The van der Waals surface area contributed by atoms with Crippen molar-refractivity contribution in [3.63, 3.8) is 0 Å². The van der Waals surface area contributed by atoms with Crippen LogP contribution in [-0.4, -0.2) is 53.7 Å². The third kappa shape index (κ3) is 8.92. The number of rotatable bonds is 10. The van der Waals surface area contributed by atoms with Crippen LogP contribution in [0.15, 0.2) is 54.6 Å². The van der Waals surface area contributed by atoms with Crippen molar-refractivity contribution >= 4 is 40.5 Å². The van der Waals surface area contributed by atoms with Gasteiger partial charge in [-0.3, -0.25) is 9.59 Å². The largest absolute Gasteiger partial charge is 0.486 e. The first-order chi connectivity index (χ1) is 19.8. The van der Waals surface area contributed by atoms with Gasteiger partial charge in [0.05, 0.1) is 12.6 Å². The summed E-state index contributed by atoms with van der Waals surface area (Å²) in [4.78, 5) is 54.4. The van der Waals surface area contributed by atoms with Crippen molar-refractivity contribution in [1.29, 1.82) is 0 Å². The number of alkyl carbamates (subject to hydrolysis) is 1. The van der Waals surface area contributed by atoms with Crippen molar-refractivity contribution < 1.29 is 33.4 Å². The van der Waals surface area contributed by atoms with Crippen molar-refractivity contribution in [3.05, 3.63) is 65.9 Å². The van der Waals surface area contributed by atoms with Gasteiger partial charge in [-0.25, -0.2) is 14.6 Å². The minimum atomic E-state index is -0.883. The third-order valence-corrected chi connectivity index (χ3v) is 6.06. The summed E-state index contributed by atoms with van der Waals surface area (Å²) in [6, 6.07) is 14.3. The van der Waals surface area contributed by atoms with E-state index in [4.69, 9.17) is 14.2 Å². The Labute approximate surface area is 245 Å². The molecule has 0 aliphatic rings. The molecule has 1 aromatic heterocycles. The molecule has 3 amide bonds. The van der Waals surface area contributed by atoms with Gasteiger partial charge in [0.25, 0.3) is 0 Å². The zero-order valence-electron chi connectivity index (χ0n) is 24.9. The summed E-state index contributed by atoms with van der Waals surface area (Å²) in [5, 5.41) is 8.80. The Hall–Kier alpha value is -4.67. The molecule has 11 nitrogen and oxygen atoms in total. The van der Waals surface area contributed by atoms with E-state index in [0.29, 0.717) is 17.0 Å². The first-order valence-corrected chi connectivity index (χ1v) is 13.6. The van der Waals surface area contributed by atoms with Crippen LogP contribution in [0.2, 0.25) is 0 Å². The van der Waals surface area contributed by atoms with E-state index in [1.54, 1.807) is 77.9 Å². The number of hydrogen-bond donors (Lipinski definition) is 3. The van der Waals surface area contributed by atoms with Crippen LogP contribution in [0, 0.1) is 5.92 Å². The summed E-state index contributed by atoms with van der Waals surface area (Å²) in [6.45, 7) is 10.4. The van der Waals surface area contributed by atoms with Gasteiger partial charge in [0, 0.05) is 11.1 Å². The summed E-state index contributed by atoms with van der Waals surface area (Å²) >= 11 is 0. The molecule has 0 bridgehead atoms. The molecule has 0 unspecified atom stereocenters. The van der Waals surface area contributed by atoms with Crippen LogP contribution in [0.4, 0.5) is 10.5 Å². The quantitative estimate of drug-likeness (QED) is 0.296. The van der Waals surface area contributed by atoms with Gasteiger partial charge >= 0.3 is 12.1 Å². The molecule has 0 spiro atoms. The van der Waals surface area contributed by atoms with E-state index in [0.717, 1.165) is 10.9 Å². The van der Waals surface area contributed by atoms with Crippen molar-refractivity contribution in [3.8, 4) is 5.75 Å². The Bertz CT molecular complexity index is 1430. The number of methoxy groups -OCH3 is 1. The molecule has 224 valence electrons. The van der Waals surface area contributed by atoms with E-state index in [1.807, 2.05) is 18.2 Å². The molecule has 42 heavy (non-hydrogen) atoms. The third-order valence-electron chi connectivity index (χ3n) is 6.06. The van der Waals surface area contributed by atoms with Gasteiger partial charge in [-0.1, -0.05) is 44.2 Å². The highest BCUT2D eigenvalue weighted by molar-refractivity contribution is 5.98. The highest BCUT2D eigenvalue weighted by atomic mass is 16.6. The Morgan fingerprint density at radius 2 is 1.57 bits per heavy atom. The summed E-state index contributed by atoms with van der Waals surface area (Å²) < 4.78 is 16.0. The number of carbonyl (C=O) groups is 4. The molecule has 2 atom stereocenters. The number of nitrogens with zero attached hydrogens (tertiary/aromatic N) is 1. The van der Waals surface area contributed by atoms with Crippen LogP contribution in [0.1, 0.15) is 57.6 Å². The molecule has 0 aliphatic heterocycles. The predicted molar refractivity (Wildman–Crippen MR) is 158 cm³/mol. The van der Waals surface area contributed by atoms with Crippen LogP contribution < -0.4 is 20.7 Å². The van der Waals surface area contributed by atoms with Crippen molar-refractivity contribution in [1.82, 2.24) is 15.6 Å². The highest BCUT2D eigenvalue weighted by Gasteiger charge is 2.29. The normalized spacial score (nSPS) is 12.7. The molecular formula is C31H38N4O7. The Morgan fingerprint density at radius 3 is 2.19 bits per heavy atom. The van der Waals surface area contributed by atoms with Gasteiger partial charge in [-0.15, -0.1) is 0 Å². The van der Waals surface area contributed by atoms with Crippen molar-refractivity contribution in [2.75, 3.05) is 12.4 Å². The first-order valence-electron chi connectivity index (χ1n) is 13.6. The number of pyridine rings is 1. The second-order valence-corrected chi connectivity index (χ2v) is 11.1. The molecule has 0 saturated carbocycles. The van der Waals surface area contributed by atoms with Gasteiger partial charge in [0.1, 0.15) is 24.3 Å². The number of para-hydroxylation sites is 1. The van der Waals surface area contributed by atoms with Crippen LogP contribution >= 0.6 is 0 Å². The highest BCUT2D eigenvalue weighted by Crippen LogP contribution is 2.25. The van der Waals surface area contributed by atoms with Gasteiger partial charge in [0.15, 0.2) is 11.4 Å². The number of fused-ring (bicyclic) bond motifs is 1. The molecule has 0 radical (unpaired) electrons. The fraction of sp³-hybridized carbons (Fsp3) is 0.387.